The highest BCUT2D eigenvalue weighted by molar-refractivity contribution is 6.19. The van der Waals surface area contributed by atoms with Crippen molar-refractivity contribution in [3.05, 3.63) is 29.8 Å². The Labute approximate surface area is 117 Å². The Morgan fingerprint density at radius 2 is 1.84 bits per heavy atom. The Kier molecular flexibility index (Phi) is 5.63. The predicted octanol–water partition coefficient (Wildman–Crippen LogP) is 2.23. The molecule has 0 heterocycles. The van der Waals surface area contributed by atoms with Gasteiger partial charge in [-0.3, -0.25) is 4.79 Å². The highest BCUT2D eigenvalue weighted by atomic mass is 35.5. The largest absolute Gasteiger partial charge is 0.351 e. The van der Waals surface area contributed by atoms with Crippen LogP contribution >= 0.6 is 11.6 Å². The lowest BCUT2D eigenvalue weighted by molar-refractivity contribution is -0.124. The standard InChI is InChI=1S/C13H18ClN3O2/c1-8(7-14)12(18)16-9(2)10-3-5-11(6-4-10)17-13(15)19/h3-6,8-9H,7H2,1-2H3,(H,16,18)(H3,15,17,19). The molecule has 5 nitrogen and oxygen atoms in total. The molecule has 0 aliphatic heterocycles. The zero-order valence-electron chi connectivity index (χ0n) is 10.9. The summed E-state index contributed by atoms with van der Waals surface area (Å²) in [7, 11) is 0. The minimum atomic E-state index is -0.606. The molecule has 4 N–H and O–H groups in total. The van der Waals surface area contributed by atoms with Gasteiger partial charge in [-0.15, -0.1) is 11.6 Å². The van der Waals surface area contributed by atoms with Crippen LogP contribution in [0.3, 0.4) is 0 Å². The van der Waals surface area contributed by atoms with Crippen LogP contribution in [0.1, 0.15) is 25.5 Å². The molecule has 3 amide bonds. The molecule has 0 bridgehead atoms. The average molecular weight is 284 g/mol. The van der Waals surface area contributed by atoms with Crippen molar-refractivity contribution in [2.24, 2.45) is 11.7 Å². The van der Waals surface area contributed by atoms with Crippen LogP contribution in [-0.4, -0.2) is 17.8 Å². The van der Waals surface area contributed by atoms with Crippen LogP contribution in [-0.2, 0) is 4.79 Å². The SMILES string of the molecule is CC(CCl)C(=O)NC(C)c1ccc(NC(N)=O)cc1. The molecule has 0 fully saturated rings. The highest BCUT2D eigenvalue weighted by Crippen LogP contribution is 2.16. The first-order chi connectivity index (χ1) is 8.93. The number of nitrogens with one attached hydrogen (secondary N) is 2. The van der Waals surface area contributed by atoms with E-state index in [9.17, 15) is 9.59 Å². The number of rotatable bonds is 5. The van der Waals surface area contributed by atoms with E-state index in [-0.39, 0.29) is 17.9 Å². The topological polar surface area (TPSA) is 84.2 Å². The zero-order chi connectivity index (χ0) is 14.4. The lowest BCUT2D eigenvalue weighted by atomic mass is 10.1. The van der Waals surface area contributed by atoms with Gasteiger partial charge in [-0.1, -0.05) is 19.1 Å². The molecule has 0 spiro atoms. The summed E-state index contributed by atoms with van der Waals surface area (Å²) in [5.74, 6) is -0.0122. The number of carbonyl (C=O) groups is 2. The second-order valence-corrected chi connectivity index (χ2v) is 4.71. The van der Waals surface area contributed by atoms with Gasteiger partial charge in [0.15, 0.2) is 0 Å². The second kappa shape index (κ2) is 6.99. The fourth-order valence-corrected chi connectivity index (χ4v) is 1.65. The van der Waals surface area contributed by atoms with Crippen LogP contribution in [0.15, 0.2) is 24.3 Å². The van der Waals surface area contributed by atoms with Gasteiger partial charge in [0, 0.05) is 17.5 Å². The number of nitrogens with two attached hydrogens (primary N) is 1. The Bertz CT molecular complexity index is 448. The fourth-order valence-electron chi connectivity index (χ4n) is 1.51. The molecular weight excluding hydrogens is 266 g/mol. The molecule has 2 unspecified atom stereocenters. The molecule has 19 heavy (non-hydrogen) atoms. The monoisotopic (exact) mass is 283 g/mol. The van der Waals surface area contributed by atoms with Gasteiger partial charge in [-0.05, 0) is 24.6 Å². The van der Waals surface area contributed by atoms with Crippen LogP contribution in [0, 0.1) is 5.92 Å². The van der Waals surface area contributed by atoms with Gasteiger partial charge in [0.1, 0.15) is 0 Å². The molecule has 0 aliphatic rings. The summed E-state index contributed by atoms with van der Waals surface area (Å²) < 4.78 is 0. The van der Waals surface area contributed by atoms with Crippen molar-refractivity contribution in [3.8, 4) is 0 Å². The summed E-state index contributed by atoms with van der Waals surface area (Å²) in [6, 6.07) is 6.37. The number of urea groups is 1. The van der Waals surface area contributed by atoms with Crippen LogP contribution in [0.5, 0.6) is 0 Å². The molecule has 1 aromatic carbocycles. The lowest BCUT2D eigenvalue weighted by Crippen LogP contribution is -2.32. The Hall–Kier alpha value is -1.75. The van der Waals surface area contributed by atoms with Crippen molar-refractivity contribution in [1.29, 1.82) is 0 Å². The van der Waals surface area contributed by atoms with E-state index >= 15 is 0 Å². The van der Waals surface area contributed by atoms with Crippen molar-refractivity contribution in [2.75, 3.05) is 11.2 Å². The third-order valence-electron chi connectivity index (χ3n) is 2.72. The van der Waals surface area contributed by atoms with Gasteiger partial charge in [0.2, 0.25) is 5.91 Å². The molecule has 1 aromatic rings. The van der Waals surface area contributed by atoms with Gasteiger partial charge < -0.3 is 16.4 Å². The Morgan fingerprint density at radius 3 is 2.32 bits per heavy atom. The van der Waals surface area contributed by atoms with Crippen LogP contribution in [0.2, 0.25) is 0 Å². The van der Waals surface area contributed by atoms with Crippen molar-refractivity contribution < 1.29 is 9.59 Å². The second-order valence-electron chi connectivity index (χ2n) is 4.40. The molecule has 0 radical (unpaired) electrons. The van der Waals surface area contributed by atoms with Crippen molar-refractivity contribution in [1.82, 2.24) is 5.32 Å². The first kappa shape index (κ1) is 15.3. The summed E-state index contributed by atoms with van der Waals surface area (Å²) in [6.45, 7) is 3.66. The third-order valence-corrected chi connectivity index (χ3v) is 3.18. The minimum absolute atomic E-state index is 0.0816. The molecule has 1 rings (SSSR count). The molecular formula is C13H18ClN3O2. The summed E-state index contributed by atoms with van der Waals surface area (Å²) in [5.41, 5.74) is 6.57. The predicted molar refractivity (Wildman–Crippen MR) is 76.1 cm³/mol. The van der Waals surface area contributed by atoms with Gasteiger partial charge in [-0.25, -0.2) is 4.79 Å². The molecule has 0 aliphatic carbocycles. The van der Waals surface area contributed by atoms with E-state index < -0.39 is 6.03 Å². The quantitative estimate of drug-likeness (QED) is 0.724. The molecule has 6 heteroatoms. The van der Waals surface area contributed by atoms with Crippen molar-refractivity contribution >= 4 is 29.2 Å². The minimum Gasteiger partial charge on any atom is -0.351 e. The molecule has 0 saturated heterocycles. The lowest BCUT2D eigenvalue weighted by Gasteiger charge is -2.17. The van der Waals surface area contributed by atoms with Crippen molar-refractivity contribution in [3.63, 3.8) is 0 Å². The first-order valence-electron chi connectivity index (χ1n) is 5.96. The van der Waals surface area contributed by atoms with E-state index in [4.69, 9.17) is 17.3 Å². The zero-order valence-corrected chi connectivity index (χ0v) is 11.7. The van der Waals surface area contributed by atoms with Gasteiger partial charge in [0.05, 0.1) is 6.04 Å². The maximum Gasteiger partial charge on any atom is 0.316 e. The van der Waals surface area contributed by atoms with E-state index in [1.54, 1.807) is 19.1 Å². The van der Waals surface area contributed by atoms with Crippen LogP contribution < -0.4 is 16.4 Å². The number of amides is 3. The smallest absolute Gasteiger partial charge is 0.316 e. The van der Waals surface area contributed by atoms with E-state index in [0.717, 1.165) is 5.56 Å². The maximum absolute atomic E-state index is 11.7. The van der Waals surface area contributed by atoms with Gasteiger partial charge >= 0.3 is 6.03 Å². The fraction of sp³-hybridized carbons (Fsp3) is 0.385. The number of anilines is 1. The number of hydrogen-bond donors (Lipinski definition) is 3. The number of carbonyl (C=O) groups excluding carboxylic acids is 2. The third kappa shape index (κ3) is 4.79. The normalized spacial score (nSPS) is 13.4. The van der Waals surface area contributed by atoms with E-state index in [1.165, 1.54) is 0 Å². The molecule has 2 atom stereocenters. The number of benzene rings is 1. The van der Waals surface area contributed by atoms with Gasteiger partial charge in [0.25, 0.3) is 0 Å². The number of hydrogen-bond acceptors (Lipinski definition) is 2. The van der Waals surface area contributed by atoms with Crippen LogP contribution in [0.25, 0.3) is 0 Å². The molecule has 0 aromatic heterocycles. The molecule has 0 saturated carbocycles. The summed E-state index contributed by atoms with van der Waals surface area (Å²) in [5, 5.41) is 5.34. The number of primary amides is 1. The number of alkyl halides is 1. The Morgan fingerprint density at radius 1 is 1.26 bits per heavy atom. The van der Waals surface area contributed by atoms with E-state index in [0.29, 0.717) is 11.6 Å². The maximum atomic E-state index is 11.7. The Balaban J connectivity index is 2.65. The average Bonchev–Trinajstić information content (AvgIpc) is 2.37. The highest BCUT2D eigenvalue weighted by Gasteiger charge is 2.15. The van der Waals surface area contributed by atoms with E-state index in [1.807, 2.05) is 19.1 Å². The summed E-state index contributed by atoms with van der Waals surface area (Å²) in [4.78, 5) is 22.4. The summed E-state index contributed by atoms with van der Waals surface area (Å²) in [6.07, 6.45) is 0. The molecule has 104 valence electrons. The van der Waals surface area contributed by atoms with Gasteiger partial charge in [-0.2, -0.15) is 0 Å². The number of halogens is 1. The van der Waals surface area contributed by atoms with Crippen molar-refractivity contribution in [2.45, 2.75) is 19.9 Å². The van der Waals surface area contributed by atoms with E-state index in [2.05, 4.69) is 10.6 Å². The summed E-state index contributed by atoms with van der Waals surface area (Å²) >= 11 is 5.63. The first-order valence-corrected chi connectivity index (χ1v) is 6.50. The van der Waals surface area contributed by atoms with Crippen LogP contribution in [0.4, 0.5) is 10.5 Å².